The molecule has 0 aliphatic heterocycles. The van der Waals surface area contributed by atoms with Crippen LogP contribution < -0.4 is 31.3 Å². The number of nitrogens with one attached hydrogen (secondary N) is 5. The number of hydrogen-bond donors (Lipinski definition) is 5. The summed E-state index contributed by atoms with van der Waals surface area (Å²) in [5.74, 6) is -3.52. The van der Waals surface area contributed by atoms with E-state index in [4.69, 9.17) is 21.1 Å². The minimum absolute atomic E-state index is 0.0392. The summed E-state index contributed by atoms with van der Waals surface area (Å²) in [6.07, 6.45) is -0.620. The molecule has 2 aliphatic rings. The number of aromatic nitrogens is 3. The fourth-order valence-electron chi connectivity index (χ4n) is 6.04. The highest BCUT2D eigenvalue weighted by Gasteiger charge is 2.45. The van der Waals surface area contributed by atoms with E-state index in [1.54, 1.807) is 12.1 Å². The van der Waals surface area contributed by atoms with Crippen molar-refractivity contribution in [2.75, 3.05) is 37.2 Å². The van der Waals surface area contributed by atoms with Gasteiger partial charge in [0.1, 0.15) is 15.9 Å². The van der Waals surface area contributed by atoms with Crippen molar-refractivity contribution in [1.82, 2.24) is 30.9 Å². The van der Waals surface area contributed by atoms with Gasteiger partial charge < -0.3 is 36.1 Å². The van der Waals surface area contributed by atoms with Crippen molar-refractivity contribution >= 4 is 62.7 Å². The van der Waals surface area contributed by atoms with Crippen LogP contribution in [0.1, 0.15) is 60.9 Å². The highest BCUT2D eigenvalue weighted by molar-refractivity contribution is 7.91. The summed E-state index contributed by atoms with van der Waals surface area (Å²) in [6.45, 7) is -1.80. The lowest BCUT2D eigenvalue weighted by atomic mass is 9.95. The molecule has 0 spiro atoms. The van der Waals surface area contributed by atoms with E-state index in [9.17, 15) is 40.8 Å². The number of carbonyl (C=O) groups excluding carboxylic acids is 4. The van der Waals surface area contributed by atoms with Gasteiger partial charge in [-0.25, -0.2) is 13.2 Å². The second-order valence-electron chi connectivity index (χ2n) is 13.5. The summed E-state index contributed by atoms with van der Waals surface area (Å²) in [6, 6.07) is 10.7. The first-order valence-electron chi connectivity index (χ1n) is 17.5. The van der Waals surface area contributed by atoms with Crippen molar-refractivity contribution in [2.45, 2.75) is 74.0 Å². The van der Waals surface area contributed by atoms with Crippen LogP contribution in [0.4, 0.5) is 30.8 Å². The van der Waals surface area contributed by atoms with Crippen LogP contribution in [-0.2, 0) is 34.5 Å². The van der Waals surface area contributed by atoms with Gasteiger partial charge >= 0.3 is 30.0 Å². The smallest absolute Gasteiger partial charge is 0.422 e. The predicted octanol–water partition coefficient (Wildman–Crippen LogP) is 3.56. The Labute approximate surface area is 325 Å². The van der Waals surface area contributed by atoms with Crippen LogP contribution in [0.15, 0.2) is 48.5 Å². The molecule has 16 nitrogen and oxygen atoms in total. The molecule has 0 saturated heterocycles. The van der Waals surface area contributed by atoms with Gasteiger partial charge in [0.25, 0.3) is 5.91 Å². The van der Waals surface area contributed by atoms with Gasteiger partial charge in [-0.15, -0.1) is 0 Å². The zero-order valence-electron chi connectivity index (χ0n) is 30.2. The van der Waals surface area contributed by atoms with Gasteiger partial charge in [-0.05, 0) is 86.9 Å². The summed E-state index contributed by atoms with van der Waals surface area (Å²) in [4.78, 5) is 62.7. The summed E-state index contributed by atoms with van der Waals surface area (Å²) in [5.41, 5.74) is 0.775. The fraction of sp³-hybridized carbons (Fsp3) is 0.457. The number of hydrogen-bond acceptors (Lipinski definition) is 13. The van der Waals surface area contributed by atoms with Gasteiger partial charge in [0.2, 0.25) is 11.9 Å². The molecule has 1 aromatic heterocycles. The van der Waals surface area contributed by atoms with E-state index < -0.39 is 69.2 Å². The lowest BCUT2D eigenvalue weighted by Gasteiger charge is -2.27. The average Bonchev–Trinajstić information content (AvgIpc) is 3.93. The summed E-state index contributed by atoms with van der Waals surface area (Å²) in [7, 11) is -2.07. The summed E-state index contributed by atoms with van der Waals surface area (Å²) >= 11 is 6.03. The van der Waals surface area contributed by atoms with Crippen LogP contribution >= 0.6 is 11.6 Å². The number of nitrogens with zero attached hydrogens (tertiary/aromatic N) is 3. The molecule has 5 rings (SSSR count). The SMILES string of the molecule is COC(=O)[C@H](CCNC(=O)C(=O)NC1CCC(S(C)(=O)=O)CC1)NC(=O)c1ccc(Nc2nc(NC3(c4ccc(Cl)cc4)CC3)nc(OCC(F)(F)F)n2)cc1. The number of sulfone groups is 1. The molecule has 1 heterocycles. The minimum atomic E-state index is -4.65. The monoisotopic (exact) mass is 824 g/mol. The van der Waals surface area contributed by atoms with E-state index in [0.717, 1.165) is 12.7 Å². The highest BCUT2D eigenvalue weighted by atomic mass is 35.5. The number of alkyl halides is 3. The number of carbonyl (C=O) groups is 4. The Morgan fingerprint density at radius 3 is 2.16 bits per heavy atom. The van der Waals surface area contributed by atoms with E-state index in [2.05, 4.69) is 41.5 Å². The molecule has 2 saturated carbocycles. The van der Waals surface area contributed by atoms with Crippen molar-refractivity contribution in [2.24, 2.45) is 0 Å². The Balaban J connectivity index is 1.17. The molecule has 0 radical (unpaired) electrons. The first kappa shape index (κ1) is 41.9. The van der Waals surface area contributed by atoms with Crippen LogP contribution in [0.2, 0.25) is 5.02 Å². The van der Waals surface area contributed by atoms with Crippen molar-refractivity contribution in [3.63, 3.8) is 0 Å². The van der Waals surface area contributed by atoms with Crippen molar-refractivity contribution in [1.29, 1.82) is 0 Å². The van der Waals surface area contributed by atoms with Crippen LogP contribution in [0, 0.1) is 0 Å². The Hall–Kier alpha value is -5.24. The lowest BCUT2D eigenvalue weighted by Crippen LogP contribution is -2.48. The molecule has 21 heteroatoms. The van der Waals surface area contributed by atoms with Gasteiger partial charge in [-0.1, -0.05) is 23.7 Å². The fourth-order valence-corrected chi connectivity index (χ4v) is 7.29. The third-order valence-electron chi connectivity index (χ3n) is 9.21. The number of rotatable bonds is 15. The van der Waals surface area contributed by atoms with E-state index in [1.165, 1.54) is 30.5 Å². The maximum atomic E-state index is 13.1. The molecule has 2 aliphatic carbocycles. The molecule has 5 N–H and O–H groups in total. The number of esters is 1. The zero-order valence-corrected chi connectivity index (χ0v) is 31.8. The molecule has 2 aromatic carbocycles. The van der Waals surface area contributed by atoms with Crippen LogP contribution in [-0.4, -0.2) is 97.1 Å². The normalized spacial score (nSPS) is 18.1. The maximum Gasteiger partial charge on any atom is 0.422 e. The van der Waals surface area contributed by atoms with Gasteiger partial charge in [-0.2, -0.15) is 28.1 Å². The standard InChI is InChI=1S/C35H40ClF3N8O8S/c1-54-30(51)26(15-18-40-28(49)29(50)41-23-11-13-25(14-12-23)56(2,52)53)43-27(48)20-3-9-24(10-4-20)42-31-44-32(46-33(45-31)55-19-35(37,38)39)47-34(16-17-34)21-5-7-22(36)8-6-21/h3-10,23,25-26H,11-19H2,1-2H3,(H,40,49)(H,41,50)(H,43,48)(H2,42,44,45,46,47)/t23?,25?,26-/m0/s1. The topological polar surface area (TPSA) is 220 Å². The number of halogens is 4. The van der Waals surface area contributed by atoms with Gasteiger partial charge in [-0.3, -0.25) is 14.4 Å². The lowest BCUT2D eigenvalue weighted by molar-refractivity contribution is -0.154. The third-order valence-corrected chi connectivity index (χ3v) is 11.1. The van der Waals surface area contributed by atoms with E-state index >= 15 is 0 Å². The quantitative estimate of drug-likeness (QED) is 0.110. The Bertz CT molecular complexity index is 2010. The van der Waals surface area contributed by atoms with Gasteiger partial charge in [0, 0.05) is 35.1 Å². The summed E-state index contributed by atoms with van der Waals surface area (Å²) in [5, 5.41) is 13.6. The molecule has 0 bridgehead atoms. The Morgan fingerprint density at radius 2 is 1.57 bits per heavy atom. The molecule has 2 fully saturated rings. The Kier molecular flexibility index (Phi) is 13.2. The number of benzene rings is 2. The molecule has 1 atom stereocenters. The number of amides is 3. The van der Waals surface area contributed by atoms with E-state index in [1.807, 2.05) is 12.1 Å². The molecular weight excluding hydrogens is 785 g/mol. The highest BCUT2D eigenvalue weighted by Crippen LogP contribution is 2.48. The third kappa shape index (κ3) is 11.9. The number of anilines is 3. The van der Waals surface area contributed by atoms with Crippen LogP contribution in [0.25, 0.3) is 0 Å². The molecule has 3 aromatic rings. The molecule has 3 amide bonds. The first-order chi connectivity index (χ1) is 26.4. The van der Waals surface area contributed by atoms with E-state index in [0.29, 0.717) is 49.2 Å². The first-order valence-corrected chi connectivity index (χ1v) is 19.8. The second kappa shape index (κ2) is 17.7. The number of ether oxygens (including phenoxy) is 2. The zero-order chi connectivity index (χ0) is 40.7. The maximum absolute atomic E-state index is 13.1. The van der Waals surface area contributed by atoms with Crippen molar-refractivity contribution in [3.8, 4) is 6.01 Å². The van der Waals surface area contributed by atoms with Crippen LogP contribution in [0.3, 0.4) is 0 Å². The predicted molar refractivity (Wildman–Crippen MR) is 197 cm³/mol. The average molecular weight is 825 g/mol. The molecule has 0 unspecified atom stereocenters. The van der Waals surface area contributed by atoms with Crippen LogP contribution in [0.5, 0.6) is 6.01 Å². The number of methoxy groups -OCH3 is 1. The summed E-state index contributed by atoms with van der Waals surface area (Å²) < 4.78 is 72.0. The molecule has 302 valence electrons. The largest absolute Gasteiger partial charge is 0.467 e. The molecule has 56 heavy (non-hydrogen) atoms. The van der Waals surface area contributed by atoms with Gasteiger partial charge in [0.15, 0.2) is 6.61 Å². The molecular formula is C35H40ClF3N8O8S. The second-order valence-corrected chi connectivity index (χ2v) is 16.2. The van der Waals surface area contributed by atoms with Gasteiger partial charge in [0.05, 0.1) is 17.9 Å². The van der Waals surface area contributed by atoms with Crippen molar-refractivity contribution in [3.05, 3.63) is 64.7 Å². The van der Waals surface area contributed by atoms with Crippen molar-refractivity contribution < 1.29 is 50.2 Å². The Morgan fingerprint density at radius 1 is 0.929 bits per heavy atom. The van der Waals surface area contributed by atoms with E-state index in [-0.39, 0.29) is 36.5 Å². The minimum Gasteiger partial charge on any atom is -0.467 e.